The molecule has 0 amide bonds. The van der Waals surface area contributed by atoms with Crippen LogP contribution in [0, 0.1) is 0 Å². The quantitative estimate of drug-likeness (QED) is 0.524. The van der Waals surface area contributed by atoms with Crippen LogP contribution in [0.2, 0.25) is 5.02 Å². The first-order valence-electron chi connectivity index (χ1n) is 7.37. The third kappa shape index (κ3) is 5.15. The highest BCUT2D eigenvalue weighted by atomic mass is 35.5. The van der Waals surface area contributed by atoms with Gasteiger partial charge in [-0.1, -0.05) is 35.9 Å². The molecule has 8 heteroatoms. The molecular weight excluding hydrogens is 342 g/mol. The van der Waals surface area contributed by atoms with E-state index in [2.05, 4.69) is 25.7 Å². The summed E-state index contributed by atoms with van der Waals surface area (Å²) in [4.78, 5) is 13.6. The zero-order chi connectivity index (χ0) is 17.5. The van der Waals surface area contributed by atoms with E-state index in [9.17, 15) is 4.79 Å². The predicted octanol–water partition coefficient (Wildman–Crippen LogP) is 2.84. The van der Waals surface area contributed by atoms with Crippen LogP contribution in [0.25, 0.3) is 0 Å². The molecule has 0 saturated heterocycles. The molecule has 0 atom stereocenters. The number of hydrogen-bond donors (Lipinski definition) is 2. The molecule has 3 aromatic rings. The van der Waals surface area contributed by atoms with Gasteiger partial charge in [0.1, 0.15) is 18.6 Å². The lowest BCUT2D eigenvalue weighted by molar-refractivity contribution is 0.306. The van der Waals surface area contributed by atoms with Gasteiger partial charge in [-0.05, 0) is 35.4 Å². The van der Waals surface area contributed by atoms with Crippen LogP contribution in [0.15, 0.2) is 64.6 Å². The van der Waals surface area contributed by atoms with E-state index in [-0.39, 0.29) is 11.5 Å². The van der Waals surface area contributed by atoms with Gasteiger partial charge < -0.3 is 4.74 Å². The number of anilines is 1. The van der Waals surface area contributed by atoms with Gasteiger partial charge in [-0.2, -0.15) is 5.10 Å². The lowest BCUT2D eigenvalue weighted by Crippen LogP contribution is -2.10. The van der Waals surface area contributed by atoms with Crippen molar-refractivity contribution < 1.29 is 4.74 Å². The Morgan fingerprint density at radius 2 is 2.12 bits per heavy atom. The first kappa shape index (κ1) is 16.7. The van der Waals surface area contributed by atoms with Crippen molar-refractivity contribution in [3.8, 4) is 5.75 Å². The molecule has 0 spiro atoms. The van der Waals surface area contributed by atoms with Crippen molar-refractivity contribution in [2.24, 2.45) is 5.10 Å². The van der Waals surface area contributed by atoms with Gasteiger partial charge in [-0.3, -0.25) is 9.78 Å². The van der Waals surface area contributed by atoms with Crippen LogP contribution < -0.4 is 15.7 Å². The number of nitrogens with one attached hydrogen (secondary N) is 2. The Morgan fingerprint density at radius 3 is 2.96 bits per heavy atom. The molecule has 0 aliphatic carbocycles. The lowest BCUT2D eigenvalue weighted by atomic mass is 10.2. The van der Waals surface area contributed by atoms with Crippen LogP contribution in [-0.2, 0) is 6.61 Å². The first-order valence-corrected chi connectivity index (χ1v) is 7.75. The molecule has 0 aliphatic heterocycles. The molecule has 0 unspecified atom stereocenters. The molecule has 0 bridgehead atoms. The average molecular weight is 356 g/mol. The lowest BCUT2D eigenvalue weighted by Gasteiger charge is -2.07. The third-order valence-corrected chi connectivity index (χ3v) is 3.35. The summed E-state index contributed by atoms with van der Waals surface area (Å²) < 4.78 is 5.76. The summed E-state index contributed by atoms with van der Waals surface area (Å²) in [6, 6.07) is 14.9. The molecule has 1 aromatic heterocycles. The largest absolute Gasteiger partial charge is 0.489 e. The monoisotopic (exact) mass is 355 g/mol. The van der Waals surface area contributed by atoms with Gasteiger partial charge in [0, 0.05) is 5.02 Å². The van der Waals surface area contributed by atoms with Crippen LogP contribution in [0.3, 0.4) is 0 Å². The molecule has 2 N–H and O–H groups in total. The minimum absolute atomic E-state index is 0.164. The summed E-state index contributed by atoms with van der Waals surface area (Å²) in [6.07, 6.45) is 2.66. The Kier molecular flexibility index (Phi) is 5.38. The van der Waals surface area contributed by atoms with Crippen molar-refractivity contribution in [3.05, 3.63) is 81.2 Å². The SMILES string of the molecule is O=c1cnnc(N/N=C/c2cccc(OCc3cccc(Cl)c3)c2)[nH]1. The van der Waals surface area contributed by atoms with E-state index in [1.807, 2.05) is 48.5 Å². The van der Waals surface area contributed by atoms with Gasteiger partial charge in [0.25, 0.3) is 5.56 Å². The highest BCUT2D eigenvalue weighted by Crippen LogP contribution is 2.16. The van der Waals surface area contributed by atoms with Crippen LogP contribution in [0.4, 0.5) is 5.95 Å². The van der Waals surface area contributed by atoms with E-state index in [0.717, 1.165) is 17.3 Å². The Morgan fingerprint density at radius 1 is 1.24 bits per heavy atom. The van der Waals surface area contributed by atoms with Crippen LogP contribution in [0.5, 0.6) is 5.75 Å². The van der Waals surface area contributed by atoms with Crippen molar-refractivity contribution in [2.75, 3.05) is 5.43 Å². The fourth-order valence-corrected chi connectivity index (χ4v) is 2.22. The first-order chi connectivity index (χ1) is 12.2. The number of rotatable bonds is 6. The smallest absolute Gasteiger partial charge is 0.271 e. The zero-order valence-corrected chi connectivity index (χ0v) is 13.8. The number of halogens is 1. The number of aromatic amines is 1. The Hall–Kier alpha value is -3.19. The molecule has 0 aliphatic rings. The Bertz CT molecular complexity index is 942. The molecule has 1 heterocycles. The van der Waals surface area contributed by atoms with Crippen LogP contribution in [-0.4, -0.2) is 21.4 Å². The highest BCUT2D eigenvalue weighted by molar-refractivity contribution is 6.30. The summed E-state index contributed by atoms with van der Waals surface area (Å²) in [6.45, 7) is 0.417. The number of nitrogens with zero attached hydrogens (tertiary/aromatic N) is 3. The van der Waals surface area contributed by atoms with Crippen LogP contribution in [0.1, 0.15) is 11.1 Å². The summed E-state index contributed by atoms with van der Waals surface area (Å²) in [5.41, 5.74) is 4.05. The standard InChI is InChI=1S/C17H14ClN5O2/c18-14-5-1-4-13(7-14)11-25-15-6-2-3-12(8-15)9-19-22-17-21-16(24)10-20-23-17/h1-10H,11H2,(H2,21,22,23,24)/b19-9+. The van der Waals surface area contributed by atoms with Gasteiger partial charge in [0.15, 0.2) is 0 Å². The van der Waals surface area contributed by atoms with E-state index in [1.54, 1.807) is 6.21 Å². The summed E-state index contributed by atoms with van der Waals surface area (Å²) in [5.74, 6) is 0.869. The highest BCUT2D eigenvalue weighted by Gasteiger charge is 1.99. The van der Waals surface area contributed by atoms with Crippen molar-refractivity contribution in [1.29, 1.82) is 0 Å². The summed E-state index contributed by atoms with van der Waals surface area (Å²) >= 11 is 5.96. The minimum atomic E-state index is -0.357. The van der Waals surface area contributed by atoms with E-state index >= 15 is 0 Å². The number of hydrazone groups is 1. The van der Waals surface area contributed by atoms with Crippen molar-refractivity contribution in [1.82, 2.24) is 15.2 Å². The second-order valence-corrected chi connectivity index (χ2v) is 5.48. The molecule has 2 aromatic carbocycles. The van der Waals surface area contributed by atoms with Crippen LogP contribution >= 0.6 is 11.6 Å². The molecule has 25 heavy (non-hydrogen) atoms. The fraction of sp³-hybridized carbons (Fsp3) is 0.0588. The predicted molar refractivity (Wildman–Crippen MR) is 96.1 cm³/mol. The summed E-state index contributed by atoms with van der Waals surface area (Å²) in [5, 5.41) is 11.9. The zero-order valence-electron chi connectivity index (χ0n) is 13.0. The van der Waals surface area contributed by atoms with Gasteiger partial charge in [-0.25, -0.2) is 5.43 Å². The van der Waals surface area contributed by atoms with E-state index < -0.39 is 0 Å². The molecular formula is C17H14ClN5O2. The fourth-order valence-electron chi connectivity index (χ4n) is 2.01. The molecule has 7 nitrogen and oxygen atoms in total. The number of H-pyrrole nitrogens is 1. The average Bonchev–Trinajstić information content (AvgIpc) is 2.61. The maximum Gasteiger partial charge on any atom is 0.271 e. The minimum Gasteiger partial charge on any atom is -0.489 e. The summed E-state index contributed by atoms with van der Waals surface area (Å²) in [7, 11) is 0. The van der Waals surface area contributed by atoms with E-state index in [1.165, 1.54) is 0 Å². The Labute approximate surface area is 148 Å². The molecule has 3 rings (SSSR count). The van der Waals surface area contributed by atoms with Crippen molar-refractivity contribution in [2.45, 2.75) is 6.61 Å². The number of hydrogen-bond acceptors (Lipinski definition) is 6. The molecule has 126 valence electrons. The van der Waals surface area contributed by atoms with Gasteiger partial charge in [0.2, 0.25) is 5.95 Å². The molecule has 0 radical (unpaired) electrons. The second-order valence-electron chi connectivity index (χ2n) is 5.04. The Balaban J connectivity index is 1.61. The maximum atomic E-state index is 11.1. The van der Waals surface area contributed by atoms with Crippen molar-refractivity contribution in [3.63, 3.8) is 0 Å². The van der Waals surface area contributed by atoms with Crippen molar-refractivity contribution >= 4 is 23.8 Å². The maximum absolute atomic E-state index is 11.1. The number of ether oxygens (including phenoxy) is 1. The normalized spacial score (nSPS) is 10.8. The van der Waals surface area contributed by atoms with E-state index in [4.69, 9.17) is 16.3 Å². The third-order valence-electron chi connectivity index (χ3n) is 3.11. The molecule has 0 saturated carbocycles. The number of aromatic nitrogens is 3. The number of benzene rings is 2. The van der Waals surface area contributed by atoms with Gasteiger partial charge >= 0.3 is 0 Å². The van der Waals surface area contributed by atoms with Gasteiger partial charge in [-0.15, -0.1) is 10.2 Å². The second kappa shape index (κ2) is 8.07. The topological polar surface area (TPSA) is 92.3 Å². The van der Waals surface area contributed by atoms with E-state index in [0.29, 0.717) is 17.4 Å². The molecule has 0 fully saturated rings. The van der Waals surface area contributed by atoms with Gasteiger partial charge in [0.05, 0.1) is 6.21 Å².